The molecule has 0 atom stereocenters. The first-order chi connectivity index (χ1) is 6.43. The van der Waals surface area contributed by atoms with Crippen molar-refractivity contribution in [2.75, 3.05) is 0 Å². The zero-order valence-corrected chi connectivity index (χ0v) is 8.09. The monoisotopic (exact) mass is 173 g/mol. The molecule has 1 nitrogen and oxygen atoms in total. The molecule has 0 amide bonds. The number of nitrogens with zero attached hydrogens (tertiary/aromatic N) is 1. The fourth-order valence-electron chi connectivity index (χ4n) is 1.22. The van der Waals surface area contributed by atoms with Gasteiger partial charge in [0.25, 0.3) is 0 Å². The minimum absolute atomic E-state index is 1.03. The molecule has 0 spiro atoms. The van der Waals surface area contributed by atoms with E-state index in [1.54, 1.807) is 0 Å². The first-order valence-corrected chi connectivity index (χ1v) is 4.72. The molecule has 0 fully saturated rings. The summed E-state index contributed by atoms with van der Waals surface area (Å²) in [6, 6.07) is 4.15. The number of hydrogen-bond donors (Lipinski definition) is 0. The molecule has 68 valence electrons. The van der Waals surface area contributed by atoms with Crippen molar-refractivity contribution in [1.29, 1.82) is 0 Å². The van der Waals surface area contributed by atoms with E-state index in [4.69, 9.17) is 0 Å². The van der Waals surface area contributed by atoms with Crippen LogP contribution in [0.1, 0.15) is 31.7 Å². The Kier molecular flexibility index (Phi) is 4.71. The van der Waals surface area contributed by atoms with Gasteiger partial charge in [-0.3, -0.25) is 4.98 Å². The summed E-state index contributed by atoms with van der Waals surface area (Å²) in [6.45, 7) is 1.89. The van der Waals surface area contributed by atoms with Crippen molar-refractivity contribution in [3.05, 3.63) is 30.1 Å². The van der Waals surface area contributed by atoms with Gasteiger partial charge in [-0.05, 0) is 43.9 Å². The van der Waals surface area contributed by atoms with Crippen LogP contribution < -0.4 is 0 Å². The fourth-order valence-corrected chi connectivity index (χ4v) is 1.22. The molecule has 1 aromatic rings. The Morgan fingerprint density at radius 1 is 1.23 bits per heavy atom. The Bertz CT molecular complexity index is 279. The van der Waals surface area contributed by atoms with E-state index in [-0.39, 0.29) is 0 Å². The van der Waals surface area contributed by atoms with Crippen LogP contribution in [0.4, 0.5) is 0 Å². The van der Waals surface area contributed by atoms with Gasteiger partial charge in [-0.25, -0.2) is 0 Å². The molecule has 0 aromatic carbocycles. The molecule has 1 rings (SSSR count). The molecule has 0 saturated heterocycles. The highest BCUT2D eigenvalue weighted by Gasteiger charge is 1.90. The zero-order valence-electron chi connectivity index (χ0n) is 8.09. The first-order valence-electron chi connectivity index (χ1n) is 4.72. The van der Waals surface area contributed by atoms with Crippen molar-refractivity contribution in [2.24, 2.45) is 0 Å². The summed E-state index contributed by atoms with van der Waals surface area (Å²) in [4.78, 5) is 3.98. The summed E-state index contributed by atoms with van der Waals surface area (Å²) in [6.07, 6.45) is 8.29. The van der Waals surface area contributed by atoms with E-state index in [1.807, 2.05) is 19.3 Å². The van der Waals surface area contributed by atoms with Crippen LogP contribution in [0.3, 0.4) is 0 Å². The normalized spacial score (nSPS) is 9.00. The number of hydrogen-bond acceptors (Lipinski definition) is 1. The maximum absolute atomic E-state index is 3.98. The molecular weight excluding hydrogens is 158 g/mol. The first kappa shape index (κ1) is 9.80. The Morgan fingerprint density at radius 3 is 2.69 bits per heavy atom. The van der Waals surface area contributed by atoms with E-state index in [9.17, 15) is 0 Å². The standard InChI is InChI=1S/C12H15N/c1-2-3-4-5-6-7-12-8-10-13-11-9-12/h8-11H,4-7H2,1H3. The van der Waals surface area contributed by atoms with E-state index < -0.39 is 0 Å². The molecule has 0 saturated carbocycles. The maximum atomic E-state index is 3.98. The van der Waals surface area contributed by atoms with Gasteiger partial charge in [0.05, 0.1) is 0 Å². The number of aryl methyl sites for hydroxylation is 1. The maximum Gasteiger partial charge on any atom is 0.0270 e. The third kappa shape index (κ3) is 4.32. The average Bonchev–Trinajstić information content (AvgIpc) is 2.19. The second-order valence-electron chi connectivity index (χ2n) is 2.99. The van der Waals surface area contributed by atoms with E-state index in [0.717, 1.165) is 12.8 Å². The van der Waals surface area contributed by atoms with Crippen LogP contribution in [0.15, 0.2) is 24.5 Å². The molecule has 0 aliphatic rings. The largest absolute Gasteiger partial charge is 0.265 e. The van der Waals surface area contributed by atoms with Gasteiger partial charge in [0, 0.05) is 18.8 Å². The topological polar surface area (TPSA) is 12.9 Å². The van der Waals surface area contributed by atoms with Crippen LogP contribution in [0.25, 0.3) is 0 Å². The van der Waals surface area contributed by atoms with E-state index >= 15 is 0 Å². The van der Waals surface area contributed by atoms with Crippen LogP contribution in [0, 0.1) is 11.8 Å². The van der Waals surface area contributed by atoms with Crippen LogP contribution in [0.5, 0.6) is 0 Å². The van der Waals surface area contributed by atoms with Crippen LogP contribution in [-0.4, -0.2) is 4.98 Å². The summed E-state index contributed by atoms with van der Waals surface area (Å²) >= 11 is 0. The molecule has 0 unspecified atom stereocenters. The van der Waals surface area contributed by atoms with Crippen molar-refractivity contribution in [3.8, 4) is 11.8 Å². The summed E-state index contributed by atoms with van der Waals surface area (Å²) in [5.41, 5.74) is 1.37. The molecule has 0 radical (unpaired) electrons. The number of unbranched alkanes of at least 4 members (excludes halogenated alkanes) is 2. The highest BCUT2D eigenvalue weighted by molar-refractivity contribution is 5.09. The predicted molar refractivity (Wildman–Crippen MR) is 55.2 cm³/mol. The average molecular weight is 173 g/mol. The van der Waals surface area contributed by atoms with Gasteiger partial charge in [0.15, 0.2) is 0 Å². The minimum Gasteiger partial charge on any atom is -0.265 e. The third-order valence-corrected chi connectivity index (χ3v) is 1.94. The van der Waals surface area contributed by atoms with Crippen LogP contribution >= 0.6 is 0 Å². The van der Waals surface area contributed by atoms with Crippen molar-refractivity contribution < 1.29 is 0 Å². The Labute approximate surface area is 80.2 Å². The van der Waals surface area contributed by atoms with Crippen LogP contribution in [-0.2, 0) is 6.42 Å². The van der Waals surface area contributed by atoms with Crippen molar-refractivity contribution >= 4 is 0 Å². The molecule has 1 aromatic heterocycles. The number of aromatic nitrogens is 1. The smallest absolute Gasteiger partial charge is 0.0270 e. The predicted octanol–water partition coefficient (Wildman–Crippen LogP) is 2.82. The molecule has 13 heavy (non-hydrogen) atoms. The Morgan fingerprint density at radius 2 is 2.00 bits per heavy atom. The fraction of sp³-hybridized carbons (Fsp3) is 0.417. The molecule has 0 aliphatic heterocycles. The van der Waals surface area contributed by atoms with Gasteiger partial charge < -0.3 is 0 Å². The lowest BCUT2D eigenvalue weighted by atomic mass is 10.1. The molecule has 0 aliphatic carbocycles. The number of pyridine rings is 1. The van der Waals surface area contributed by atoms with Gasteiger partial charge >= 0.3 is 0 Å². The molecule has 1 heteroatoms. The molecule has 1 heterocycles. The third-order valence-electron chi connectivity index (χ3n) is 1.94. The van der Waals surface area contributed by atoms with Gasteiger partial charge in [-0.2, -0.15) is 0 Å². The minimum atomic E-state index is 1.03. The Hall–Kier alpha value is -1.29. The summed E-state index contributed by atoms with van der Waals surface area (Å²) in [5.74, 6) is 5.98. The zero-order chi connectivity index (χ0) is 9.36. The molecular formula is C12H15N. The highest BCUT2D eigenvalue weighted by Crippen LogP contribution is 2.04. The van der Waals surface area contributed by atoms with Gasteiger partial charge in [-0.15, -0.1) is 11.8 Å². The Balaban J connectivity index is 2.16. The second kappa shape index (κ2) is 6.25. The van der Waals surface area contributed by atoms with E-state index in [1.165, 1.54) is 18.4 Å². The van der Waals surface area contributed by atoms with Crippen molar-refractivity contribution in [3.63, 3.8) is 0 Å². The summed E-state index contributed by atoms with van der Waals surface area (Å²) < 4.78 is 0. The van der Waals surface area contributed by atoms with Gasteiger partial charge in [0.1, 0.15) is 0 Å². The van der Waals surface area contributed by atoms with E-state index in [0.29, 0.717) is 0 Å². The lowest BCUT2D eigenvalue weighted by Crippen LogP contribution is -1.85. The van der Waals surface area contributed by atoms with Gasteiger partial charge in [0.2, 0.25) is 0 Å². The van der Waals surface area contributed by atoms with Crippen molar-refractivity contribution in [2.45, 2.75) is 32.6 Å². The summed E-state index contributed by atoms with van der Waals surface area (Å²) in [7, 11) is 0. The van der Waals surface area contributed by atoms with Crippen LogP contribution in [0.2, 0.25) is 0 Å². The number of rotatable bonds is 4. The molecule has 0 N–H and O–H groups in total. The van der Waals surface area contributed by atoms with E-state index in [2.05, 4.69) is 29.0 Å². The van der Waals surface area contributed by atoms with Crippen molar-refractivity contribution in [1.82, 2.24) is 4.98 Å². The lowest BCUT2D eigenvalue weighted by molar-refractivity contribution is 0.755. The molecule has 0 bridgehead atoms. The lowest BCUT2D eigenvalue weighted by Gasteiger charge is -1.97. The quantitative estimate of drug-likeness (QED) is 0.504. The highest BCUT2D eigenvalue weighted by atomic mass is 14.6. The second-order valence-corrected chi connectivity index (χ2v) is 2.99. The SMILES string of the molecule is CC#CCCCCc1ccncc1. The summed E-state index contributed by atoms with van der Waals surface area (Å²) in [5, 5.41) is 0. The van der Waals surface area contributed by atoms with Gasteiger partial charge in [-0.1, -0.05) is 0 Å².